The quantitative estimate of drug-likeness (QED) is 0.638. The van der Waals surface area contributed by atoms with E-state index in [9.17, 15) is 14.0 Å². The van der Waals surface area contributed by atoms with Crippen LogP contribution in [-0.2, 0) is 4.79 Å². The fourth-order valence-corrected chi connectivity index (χ4v) is 3.69. The summed E-state index contributed by atoms with van der Waals surface area (Å²) in [4.78, 5) is 32.1. The van der Waals surface area contributed by atoms with Gasteiger partial charge in [-0.25, -0.2) is 4.39 Å². The second kappa shape index (κ2) is 9.18. The first-order chi connectivity index (χ1) is 15.0. The number of ether oxygens (including phenoxy) is 1. The van der Waals surface area contributed by atoms with E-state index in [0.717, 1.165) is 16.7 Å². The molecule has 7 nitrogen and oxygen atoms in total. The van der Waals surface area contributed by atoms with Crippen LogP contribution in [0.3, 0.4) is 0 Å². The number of carbonyl (C=O) groups is 2. The fourth-order valence-electron chi connectivity index (χ4n) is 3.69. The van der Waals surface area contributed by atoms with Gasteiger partial charge in [0.15, 0.2) is 0 Å². The van der Waals surface area contributed by atoms with Gasteiger partial charge in [-0.1, -0.05) is 0 Å². The largest absolute Gasteiger partial charge is 0.494 e. The highest BCUT2D eigenvalue weighted by molar-refractivity contribution is 5.98. The molecule has 0 radical (unpaired) electrons. The molecule has 3 aromatic rings. The van der Waals surface area contributed by atoms with Gasteiger partial charge in [-0.3, -0.25) is 14.5 Å². The van der Waals surface area contributed by atoms with Crippen molar-refractivity contribution in [3.8, 4) is 5.75 Å². The number of halogens is 1. The molecule has 2 amide bonds. The van der Waals surface area contributed by atoms with Gasteiger partial charge in [-0.15, -0.1) is 0 Å². The van der Waals surface area contributed by atoms with Gasteiger partial charge in [0.25, 0.3) is 5.91 Å². The van der Waals surface area contributed by atoms with Crippen molar-refractivity contribution in [1.82, 2.24) is 14.8 Å². The molecule has 2 N–H and O–H groups in total. The van der Waals surface area contributed by atoms with E-state index in [1.807, 2.05) is 36.1 Å². The number of carbonyl (C=O) groups excluding carboxylic acids is 2. The molecule has 8 heteroatoms. The summed E-state index contributed by atoms with van der Waals surface area (Å²) in [5, 5.41) is 3.72. The van der Waals surface area contributed by atoms with Crippen molar-refractivity contribution in [3.05, 3.63) is 60.0 Å². The Morgan fingerprint density at radius 2 is 1.81 bits per heavy atom. The lowest BCUT2D eigenvalue weighted by molar-refractivity contribution is -0.117. The fraction of sp³-hybridized carbons (Fsp3) is 0.304. The SMILES string of the molecule is CCOc1ccc2cc(C(=O)N3CCN(CC(=O)Nc4ccc(F)cc4)CC3)[nH]c2c1. The third kappa shape index (κ3) is 5.03. The van der Waals surface area contributed by atoms with Crippen molar-refractivity contribution >= 4 is 28.4 Å². The number of nitrogens with one attached hydrogen (secondary N) is 2. The van der Waals surface area contributed by atoms with Crippen LogP contribution in [0.25, 0.3) is 10.9 Å². The van der Waals surface area contributed by atoms with Gasteiger partial charge in [0.05, 0.1) is 13.2 Å². The molecule has 0 unspecified atom stereocenters. The lowest BCUT2D eigenvalue weighted by Gasteiger charge is -2.34. The van der Waals surface area contributed by atoms with E-state index in [0.29, 0.717) is 44.2 Å². The maximum Gasteiger partial charge on any atom is 0.270 e. The van der Waals surface area contributed by atoms with Crippen LogP contribution in [0, 0.1) is 5.82 Å². The number of piperazine rings is 1. The number of hydrogen-bond donors (Lipinski definition) is 2. The standard InChI is InChI=1S/C23H25FN4O3/c1-2-31-19-8-3-16-13-21(26-20(16)14-19)23(30)28-11-9-27(10-12-28)15-22(29)25-18-6-4-17(24)5-7-18/h3-8,13-14,26H,2,9-12,15H2,1H3,(H,25,29). The molecular weight excluding hydrogens is 399 g/mol. The summed E-state index contributed by atoms with van der Waals surface area (Å²) >= 11 is 0. The summed E-state index contributed by atoms with van der Waals surface area (Å²) in [7, 11) is 0. The second-order valence-corrected chi connectivity index (χ2v) is 7.49. The molecule has 162 valence electrons. The number of hydrogen-bond acceptors (Lipinski definition) is 4. The molecule has 0 atom stereocenters. The molecule has 1 aliphatic heterocycles. The van der Waals surface area contributed by atoms with E-state index >= 15 is 0 Å². The first kappa shape index (κ1) is 20.9. The zero-order valence-corrected chi connectivity index (χ0v) is 17.4. The van der Waals surface area contributed by atoms with Crippen LogP contribution < -0.4 is 10.1 Å². The molecule has 2 heterocycles. The van der Waals surface area contributed by atoms with Crippen molar-refractivity contribution in [2.45, 2.75) is 6.92 Å². The Morgan fingerprint density at radius 3 is 2.52 bits per heavy atom. The molecule has 0 saturated carbocycles. The van der Waals surface area contributed by atoms with Gasteiger partial charge in [0, 0.05) is 48.8 Å². The van der Waals surface area contributed by atoms with Crippen LogP contribution in [0.4, 0.5) is 10.1 Å². The van der Waals surface area contributed by atoms with Crippen LogP contribution >= 0.6 is 0 Å². The molecular formula is C23H25FN4O3. The molecule has 0 aliphatic carbocycles. The zero-order chi connectivity index (χ0) is 21.8. The lowest BCUT2D eigenvalue weighted by Crippen LogP contribution is -2.50. The summed E-state index contributed by atoms with van der Waals surface area (Å²) in [5.41, 5.74) is 1.98. The molecule has 31 heavy (non-hydrogen) atoms. The minimum atomic E-state index is -0.344. The number of aromatic amines is 1. The second-order valence-electron chi connectivity index (χ2n) is 7.49. The van der Waals surface area contributed by atoms with Crippen LogP contribution in [0.15, 0.2) is 48.5 Å². The van der Waals surface area contributed by atoms with E-state index in [1.54, 1.807) is 4.90 Å². The molecule has 1 fully saturated rings. The molecule has 1 saturated heterocycles. The number of benzene rings is 2. The monoisotopic (exact) mass is 424 g/mol. The average Bonchev–Trinajstić information content (AvgIpc) is 3.19. The van der Waals surface area contributed by atoms with Crippen LogP contribution in [0.5, 0.6) is 5.75 Å². The van der Waals surface area contributed by atoms with E-state index in [1.165, 1.54) is 24.3 Å². The van der Waals surface area contributed by atoms with Crippen molar-refractivity contribution < 1.29 is 18.7 Å². The molecule has 2 aromatic carbocycles. The summed E-state index contributed by atoms with van der Waals surface area (Å²) < 4.78 is 18.5. The maximum absolute atomic E-state index is 13.0. The minimum absolute atomic E-state index is 0.0513. The summed E-state index contributed by atoms with van der Waals surface area (Å²) in [6, 6.07) is 13.3. The van der Waals surface area contributed by atoms with Crippen molar-refractivity contribution in [2.75, 3.05) is 44.6 Å². The Labute approximate surface area is 179 Å². The van der Waals surface area contributed by atoms with Crippen LogP contribution in [0.1, 0.15) is 17.4 Å². The van der Waals surface area contributed by atoms with Crippen molar-refractivity contribution in [2.24, 2.45) is 0 Å². The Morgan fingerprint density at radius 1 is 1.06 bits per heavy atom. The normalized spacial score (nSPS) is 14.6. The number of fused-ring (bicyclic) bond motifs is 1. The van der Waals surface area contributed by atoms with Crippen LogP contribution in [0.2, 0.25) is 0 Å². The number of amides is 2. The third-order valence-corrected chi connectivity index (χ3v) is 5.29. The van der Waals surface area contributed by atoms with E-state index in [-0.39, 0.29) is 24.2 Å². The smallest absolute Gasteiger partial charge is 0.270 e. The third-order valence-electron chi connectivity index (χ3n) is 5.29. The van der Waals surface area contributed by atoms with Gasteiger partial charge in [-0.2, -0.15) is 0 Å². The average molecular weight is 424 g/mol. The summed E-state index contributed by atoms with van der Waals surface area (Å²) in [6.45, 7) is 5.05. The summed E-state index contributed by atoms with van der Waals surface area (Å²) in [6.07, 6.45) is 0. The molecule has 1 aromatic heterocycles. The zero-order valence-electron chi connectivity index (χ0n) is 17.4. The Hall–Kier alpha value is -3.39. The van der Waals surface area contributed by atoms with E-state index in [4.69, 9.17) is 4.74 Å². The minimum Gasteiger partial charge on any atom is -0.494 e. The number of H-pyrrole nitrogens is 1. The highest BCUT2D eigenvalue weighted by Gasteiger charge is 2.24. The Balaban J connectivity index is 1.30. The maximum atomic E-state index is 13.0. The molecule has 0 spiro atoms. The topological polar surface area (TPSA) is 77.7 Å². The predicted molar refractivity (Wildman–Crippen MR) is 117 cm³/mol. The van der Waals surface area contributed by atoms with Crippen LogP contribution in [-0.4, -0.2) is 65.9 Å². The van der Waals surface area contributed by atoms with Gasteiger partial charge < -0.3 is 19.9 Å². The number of rotatable bonds is 6. The molecule has 1 aliphatic rings. The summed E-state index contributed by atoms with van der Waals surface area (Å²) in [5.74, 6) is 0.212. The van der Waals surface area contributed by atoms with Gasteiger partial charge in [0.1, 0.15) is 17.3 Å². The van der Waals surface area contributed by atoms with Gasteiger partial charge >= 0.3 is 0 Å². The highest BCUT2D eigenvalue weighted by atomic mass is 19.1. The van der Waals surface area contributed by atoms with Crippen molar-refractivity contribution in [1.29, 1.82) is 0 Å². The first-order valence-corrected chi connectivity index (χ1v) is 10.3. The van der Waals surface area contributed by atoms with Gasteiger partial charge in [0.2, 0.25) is 5.91 Å². The predicted octanol–water partition coefficient (Wildman–Crippen LogP) is 3.10. The first-order valence-electron chi connectivity index (χ1n) is 10.3. The number of nitrogens with zero attached hydrogens (tertiary/aromatic N) is 2. The Kier molecular flexibility index (Phi) is 6.18. The van der Waals surface area contributed by atoms with Gasteiger partial charge in [-0.05, 0) is 49.4 Å². The molecule has 0 bridgehead atoms. The number of aromatic nitrogens is 1. The van der Waals surface area contributed by atoms with E-state index in [2.05, 4.69) is 10.3 Å². The lowest BCUT2D eigenvalue weighted by atomic mass is 10.2. The van der Waals surface area contributed by atoms with E-state index < -0.39 is 0 Å². The highest BCUT2D eigenvalue weighted by Crippen LogP contribution is 2.22. The number of anilines is 1. The molecule has 4 rings (SSSR count). The Bertz CT molecular complexity index is 1070. The van der Waals surface area contributed by atoms with Crippen molar-refractivity contribution in [3.63, 3.8) is 0 Å².